The molecule has 1 heterocycles. The van der Waals surface area contributed by atoms with Crippen LogP contribution >= 0.6 is 0 Å². The molecule has 1 aliphatic carbocycles. The van der Waals surface area contributed by atoms with Gasteiger partial charge in [0.15, 0.2) is 0 Å². The Labute approximate surface area is 118 Å². The van der Waals surface area contributed by atoms with Gasteiger partial charge in [0.05, 0.1) is 5.60 Å². The molecule has 2 unspecified atom stereocenters. The summed E-state index contributed by atoms with van der Waals surface area (Å²) < 4.78 is 0. The van der Waals surface area contributed by atoms with Crippen LogP contribution in [0.5, 0.6) is 0 Å². The number of nitrogens with zero attached hydrogens (tertiary/aromatic N) is 1. The normalized spacial score (nSPS) is 36.3. The van der Waals surface area contributed by atoms with Crippen LogP contribution in [0, 0.1) is 11.3 Å². The topological polar surface area (TPSA) is 49.5 Å². The molecule has 0 spiro atoms. The first kappa shape index (κ1) is 15.3. The zero-order chi connectivity index (χ0) is 13.9. The molecular formula is C16H32N2O. The van der Waals surface area contributed by atoms with Gasteiger partial charge in [-0.2, -0.15) is 0 Å². The Morgan fingerprint density at radius 2 is 1.89 bits per heavy atom. The van der Waals surface area contributed by atoms with Crippen LogP contribution in [0.2, 0.25) is 0 Å². The van der Waals surface area contributed by atoms with E-state index < -0.39 is 5.60 Å². The fourth-order valence-electron chi connectivity index (χ4n) is 4.40. The molecule has 3 heteroatoms. The van der Waals surface area contributed by atoms with Crippen LogP contribution in [0.25, 0.3) is 0 Å². The van der Waals surface area contributed by atoms with Gasteiger partial charge < -0.3 is 15.7 Å². The van der Waals surface area contributed by atoms with Gasteiger partial charge in [-0.1, -0.05) is 33.1 Å². The molecule has 0 aromatic heterocycles. The third kappa shape index (κ3) is 2.84. The smallest absolute Gasteiger partial charge is 0.0740 e. The lowest BCUT2D eigenvalue weighted by Gasteiger charge is -2.54. The van der Waals surface area contributed by atoms with Crippen molar-refractivity contribution in [2.45, 2.75) is 64.4 Å². The second-order valence-corrected chi connectivity index (χ2v) is 6.82. The minimum Gasteiger partial charge on any atom is -0.389 e. The summed E-state index contributed by atoms with van der Waals surface area (Å²) in [5, 5.41) is 11.3. The second-order valence-electron chi connectivity index (χ2n) is 6.82. The Kier molecular flexibility index (Phi) is 4.91. The first-order chi connectivity index (χ1) is 9.09. The quantitative estimate of drug-likeness (QED) is 0.823. The highest BCUT2D eigenvalue weighted by Gasteiger charge is 2.51. The summed E-state index contributed by atoms with van der Waals surface area (Å²) >= 11 is 0. The summed E-state index contributed by atoms with van der Waals surface area (Å²) in [6, 6.07) is 0. The van der Waals surface area contributed by atoms with Gasteiger partial charge >= 0.3 is 0 Å². The Hall–Kier alpha value is -0.120. The number of rotatable bonds is 4. The maximum absolute atomic E-state index is 11.3. The molecule has 0 bridgehead atoms. The van der Waals surface area contributed by atoms with Gasteiger partial charge in [0, 0.05) is 25.0 Å². The first-order valence-electron chi connectivity index (χ1n) is 8.24. The van der Waals surface area contributed by atoms with Gasteiger partial charge in [0.25, 0.3) is 0 Å². The summed E-state index contributed by atoms with van der Waals surface area (Å²) in [5.74, 6) is 0.769. The van der Waals surface area contributed by atoms with E-state index in [9.17, 15) is 5.11 Å². The maximum atomic E-state index is 11.3. The van der Waals surface area contributed by atoms with Gasteiger partial charge in [-0.3, -0.25) is 0 Å². The standard InChI is InChI=1S/C16H32N2O/c1-3-14-6-5-7-15(12-14,13-17)16(19)8-10-18(4-2)11-9-16/h14,19H,3-13,17H2,1-2H3. The van der Waals surface area contributed by atoms with E-state index in [1.54, 1.807) is 0 Å². The van der Waals surface area contributed by atoms with Crippen LogP contribution in [-0.4, -0.2) is 41.8 Å². The van der Waals surface area contributed by atoms with Gasteiger partial charge in [0.1, 0.15) is 0 Å². The first-order valence-corrected chi connectivity index (χ1v) is 8.24. The number of piperidine rings is 1. The van der Waals surface area contributed by atoms with E-state index in [2.05, 4.69) is 18.7 Å². The summed E-state index contributed by atoms with van der Waals surface area (Å²) in [6.45, 7) is 8.31. The number of likely N-dealkylation sites (tertiary alicyclic amines) is 1. The molecule has 0 aromatic carbocycles. The molecule has 2 fully saturated rings. The Bertz CT molecular complexity index is 286. The van der Waals surface area contributed by atoms with E-state index >= 15 is 0 Å². The summed E-state index contributed by atoms with van der Waals surface area (Å²) in [7, 11) is 0. The molecule has 3 nitrogen and oxygen atoms in total. The van der Waals surface area contributed by atoms with Crippen molar-refractivity contribution >= 4 is 0 Å². The number of hydrogen-bond acceptors (Lipinski definition) is 3. The van der Waals surface area contributed by atoms with Crippen LogP contribution in [0.3, 0.4) is 0 Å². The third-order valence-electron chi connectivity index (χ3n) is 6.03. The monoisotopic (exact) mass is 268 g/mol. The SMILES string of the molecule is CCC1CCCC(CN)(C2(O)CCN(CC)CC2)C1. The molecule has 0 radical (unpaired) electrons. The Balaban J connectivity index is 2.11. The lowest BCUT2D eigenvalue weighted by Crippen LogP contribution is -2.59. The summed E-state index contributed by atoms with van der Waals surface area (Å²) in [4.78, 5) is 2.44. The third-order valence-corrected chi connectivity index (χ3v) is 6.03. The highest BCUT2D eigenvalue weighted by atomic mass is 16.3. The van der Waals surface area contributed by atoms with Crippen molar-refractivity contribution < 1.29 is 5.11 Å². The van der Waals surface area contributed by atoms with Crippen molar-refractivity contribution in [3.63, 3.8) is 0 Å². The highest BCUT2D eigenvalue weighted by molar-refractivity contribution is 5.04. The van der Waals surface area contributed by atoms with Crippen LogP contribution < -0.4 is 5.73 Å². The Morgan fingerprint density at radius 1 is 1.21 bits per heavy atom. The van der Waals surface area contributed by atoms with E-state index in [4.69, 9.17) is 5.73 Å². The molecule has 2 rings (SSSR count). The molecule has 1 saturated heterocycles. The molecule has 1 aliphatic heterocycles. The van der Waals surface area contributed by atoms with Gasteiger partial charge in [-0.05, 0) is 38.1 Å². The van der Waals surface area contributed by atoms with Gasteiger partial charge in [-0.25, -0.2) is 0 Å². The largest absolute Gasteiger partial charge is 0.389 e. The predicted molar refractivity (Wildman–Crippen MR) is 80.0 cm³/mol. The molecule has 2 aliphatic rings. The lowest BCUT2D eigenvalue weighted by molar-refractivity contribution is -0.139. The zero-order valence-electron chi connectivity index (χ0n) is 12.8. The zero-order valence-corrected chi connectivity index (χ0v) is 12.8. The minimum absolute atomic E-state index is 0.00818. The number of aliphatic hydroxyl groups is 1. The van der Waals surface area contributed by atoms with E-state index in [1.165, 1.54) is 19.3 Å². The number of hydrogen-bond donors (Lipinski definition) is 2. The van der Waals surface area contributed by atoms with Crippen LogP contribution in [-0.2, 0) is 0 Å². The maximum Gasteiger partial charge on any atom is 0.0740 e. The fourth-order valence-corrected chi connectivity index (χ4v) is 4.40. The van der Waals surface area contributed by atoms with Crippen molar-refractivity contribution in [3.05, 3.63) is 0 Å². The molecular weight excluding hydrogens is 236 g/mol. The van der Waals surface area contributed by atoms with Crippen LogP contribution in [0.15, 0.2) is 0 Å². The fraction of sp³-hybridized carbons (Fsp3) is 1.00. The van der Waals surface area contributed by atoms with Gasteiger partial charge in [0.2, 0.25) is 0 Å². The average molecular weight is 268 g/mol. The van der Waals surface area contributed by atoms with Crippen molar-refractivity contribution in [2.24, 2.45) is 17.1 Å². The van der Waals surface area contributed by atoms with E-state index in [1.807, 2.05) is 0 Å². The lowest BCUT2D eigenvalue weighted by atomic mass is 9.57. The van der Waals surface area contributed by atoms with Gasteiger partial charge in [-0.15, -0.1) is 0 Å². The second kappa shape index (κ2) is 6.11. The molecule has 2 atom stereocenters. The van der Waals surface area contributed by atoms with E-state index in [0.29, 0.717) is 6.54 Å². The minimum atomic E-state index is -0.513. The summed E-state index contributed by atoms with van der Waals surface area (Å²) in [6.07, 6.45) is 7.90. The average Bonchev–Trinajstić information content (AvgIpc) is 2.48. The van der Waals surface area contributed by atoms with E-state index in [-0.39, 0.29) is 5.41 Å². The molecule has 112 valence electrons. The molecule has 0 amide bonds. The predicted octanol–water partition coefficient (Wildman–Crippen LogP) is 2.38. The Morgan fingerprint density at radius 3 is 2.42 bits per heavy atom. The van der Waals surface area contributed by atoms with Crippen molar-refractivity contribution in [2.75, 3.05) is 26.2 Å². The molecule has 3 N–H and O–H groups in total. The van der Waals surface area contributed by atoms with Crippen molar-refractivity contribution in [1.29, 1.82) is 0 Å². The molecule has 0 aromatic rings. The number of nitrogens with two attached hydrogens (primary N) is 1. The van der Waals surface area contributed by atoms with Crippen molar-refractivity contribution in [3.8, 4) is 0 Å². The summed E-state index contributed by atoms with van der Waals surface area (Å²) in [5.41, 5.74) is 5.64. The van der Waals surface area contributed by atoms with Crippen molar-refractivity contribution in [1.82, 2.24) is 4.90 Å². The van der Waals surface area contributed by atoms with Crippen LogP contribution in [0.4, 0.5) is 0 Å². The molecule has 19 heavy (non-hydrogen) atoms. The van der Waals surface area contributed by atoms with E-state index in [0.717, 1.165) is 51.2 Å². The van der Waals surface area contributed by atoms with Crippen LogP contribution in [0.1, 0.15) is 58.8 Å². The molecule has 1 saturated carbocycles. The highest BCUT2D eigenvalue weighted by Crippen LogP contribution is 2.50.